The van der Waals surface area contributed by atoms with E-state index < -0.39 is 11.7 Å². The zero-order chi connectivity index (χ0) is 15.7. The molecule has 2 aromatic carbocycles. The molecule has 0 fully saturated rings. The average molecular weight is 326 g/mol. The monoisotopic (exact) mass is 325 g/mol. The third-order valence-corrected chi connectivity index (χ3v) is 3.45. The Balaban J connectivity index is 1.82. The number of hydrogen-bond acceptors (Lipinski definition) is 2. The number of anilines is 1. The Morgan fingerprint density at radius 1 is 1.14 bits per heavy atom. The van der Waals surface area contributed by atoms with E-state index in [4.69, 9.17) is 11.6 Å². The first-order valence-corrected chi connectivity index (χ1v) is 6.85. The molecule has 1 aromatic heterocycles. The summed E-state index contributed by atoms with van der Waals surface area (Å²) in [4.78, 5) is 7.23. The molecular weight excluding hydrogens is 315 g/mol. The van der Waals surface area contributed by atoms with E-state index in [-0.39, 0.29) is 12.1 Å². The Kier molecular flexibility index (Phi) is 3.70. The highest BCUT2D eigenvalue weighted by atomic mass is 35.5. The summed E-state index contributed by atoms with van der Waals surface area (Å²) in [7, 11) is 0. The van der Waals surface area contributed by atoms with E-state index in [1.54, 1.807) is 24.3 Å². The fourth-order valence-electron chi connectivity index (χ4n) is 2.20. The van der Waals surface area contributed by atoms with Gasteiger partial charge in [-0.1, -0.05) is 29.8 Å². The molecular formula is C15H11ClF3N3. The molecule has 22 heavy (non-hydrogen) atoms. The number of alkyl halides is 3. The van der Waals surface area contributed by atoms with Gasteiger partial charge >= 0.3 is 6.18 Å². The number of aromatic amines is 1. The lowest BCUT2D eigenvalue weighted by Crippen LogP contribution is -2.12. The number of nitrogens with zero attached hydrogens (tertiary/aromatic N) is 1. The summed E-state index contributed by atoms with van der Waals surface area (Å²) in [6, 6.07) is 10.6. The molecule has 0 spiro atoms. The number of imidazole rings is 1. The van der Waals surface area contributed by atoms with Gasteiger partial charge in [-0.05, 0) is 29.8 Å². The molecule has 0 aliphatic rings. The lowest BCUT2D eigenvalue weighted by atomic mass is 10.1. The molecule has 114 valence electrons. The fourth-order valence-corrected chi connectivity index (χ4v) is 2.37. The van der Waals surface area contributed by atoms with Gasteiger partial charge in [-0.15, -0.1) is 0 Å². The number of fused-ring (bicyclic) bond motifs is 1. The SMILES string of the molecule is FC(F)(F)c1ccccc1CNc1nc2ccc(Cl)cc2[nH]1. The van der Waals surface area contributed by atoms with E-state index in [0.29, 0.717) is 16.5 Å². The van der Waals surface area contributed by atoms with Crippen molar-refractivity contribution in [2.45, 2.75) is 12.7 Å². The maximum atomic E-state index is 12.9. The molecule has 0 aliphatic carbocycles. The number of nitrogens with one attached hydrogen (secondary N) is 2. The summed E-state index contributed by atoms with van der Waals surface area (Å²) in [6.07, 6.45) is -4.38. The maximum Gasteiger partial charge on any atom is 0.416 e. The van der Waals surface area contributed by atoms with Crippen molar-refractivity contribution in [3.05, 3.63) is 58.6 Å². The van der Waals surface area contributed by atoms with Crippen LogP contribution in [0.25, 0.3) is 11.0 Å². The first-order valence-electron chi connectivity index (χ1n) is 6.48. The van der Waals surface area contributed by atoms with Gasteiger partial charge in [0.1, 0.15) is 0 Å². The summed E-state index contributed by atoms with van der Waals surface area (Å²) in [5, 5.41) is 3.43. The van der Waals surface area contributed by atoms with Crippen LogP contribution in [-0.2, 0) is 12.7 Å². The number of halogens is 4. The van der Waals surface area contributed by atoms with Crippen molar-refractivity contribution in [3.8, 4) is 0 Å². The Morgan fingerprint density at radius 2 is 1.91 bits per heavy atom. The van der Waals surface area contributed by atoms with Crippen molar-refractivity contribution in [1.82, 2.24) is 9.97 Å². The number of hydrogen-bond donors (Lipinski definition) is 2. The lowest BCUT2D eigenvalue weighted by molar-refractivity contribution is -0.138. The molecule has 0 saturated carbocycles. The maximum absolute atomic E-state index is 12.9. The number of benzene rings is 2. The highest BCUT2D eigenvalue weighted by Crippen LogP contribution is 2.32. The summed E-state index contributed by atoms with van der Waals surface area (Å²) in [5.74, 6) is 0.397. The van der Waals surface area contributed by atoms with Crippen LogP contribution in [0.5, 0.6) is 0 Å². The Hall–Kier alpha value is -2.21. The number of H-pyrrole nitrogens is 1. The van der Waals surface area contributed by atoms with Gasteiger partial charge in [0.05, 0.1) is 16.6 Å². The molecule has 0 bridgehead atoms. The largest absolute Gasteiger partial charge is 0.416 e. The van der Waals surface area contributed by atoms with Gasteiger partial charge in [0.15, 0.2) is 0 Å². The van der Waals surface area contributed by atoms with Crippen LogP contribution in [-0.4, -0.2) is 9.97 Å². The van der Waals surface area contributed by atoms with Crippen LogP contribution in [0, 0.1) is 0 Å². The fraction of sp³-hybridized carbons (Fsp3) is 0.133. The zero-order valence-corrected chi connectivity index (χ0v) is 12.0. The van der Waals surface area contributed by atoms with Crippen molar-refractivity contribution in [2.24, 2.45) is 0 Å². The topological polar surface area (TPSA) is 40.7 Å². The molecule has 3 rings (SSSR count). The van der Waals surface area contributed by atoms with Crippen molar-refractivity contribution in [3.63, 3.8) is 0 Å². The van der Waals surface area contributed by atoms with Crippen LogP contribution in [0.15, 0.2) is 42.5 Å². The minimum absolute atomic E-state index is 0.0171. The van der Waals surface area contributed by atoms with Gasteiger partial charge < -0.3 is 10.3 Å². The Morgan fingerprint density at radius 3 is 2.68 bits per heavy atom. The molecule has 2 N–H and O–H groups in total. The van der Waals surface area contributed by atoms with Crippen LogP contribution >= 0.6 is 11.6 Å². The summed E-state index contributed by atoms with van der Waals surface area (Å²) < 4.78 is 38.8. The quantitative estimate of drug-likeness (QED) is 0.723. The zero-order valence-electron chi connectivity index (χ0n) is 11.2. The standard InChI is InChI=1S/C15H11ClF3N3/c16-10-5-6-12-13(7-10)22-14(21-12)20-8-9-3-1-2-4-11(9)15(17,18)19/h1-7H,8H2,(H2,20,21,22). The molecule has 0 aliphatic heterocycles. The normalized spacial score (nSPS) is 11.8. The third-order valence-electron chi connectivity index (χ3n) is 3.21. The highest BCUT2D eigenvalue weighted by Gasteiger charge is 2.32. The molecule has 0 saturated heterocycles. The second-order valence-corrected chi connectivity index (χ2v) is 5.19. The minimum Gasteiger partial charge on any atom is -0.352 e. The first-order chi connectivity index (χ1) is 10.4. The van der Waals surface area contributed by atoms with Gasteiger partial charge in [-0.2, -0.15) is 13.2 Å². The molecule has 0 atom stereocenters. The van der Waals surface area contributed by atoms with Crippen LogP contribution < -0.4 is 5.32 Å². The summed E-state index contributed by atoms with van der Waals surface area (Å²) in [6.45, 7) is 0.0171. The average Bonchev–Trinajstić information content (AvgIpc) is 2.86. The molecule has 3 nitrogen and oxygen atoms in total. The van der Waals surface area contributed by atoms with E-state index in [1.807, 2.05) is 0 Å². The second-order valence-electron chi connectivity index (χ2n) is 4.76. The van der Waals surface area contributed by atoms with E-state index >= 15 is 0 Å². The van der Waals surface area contributed by atoms with Gasteiger partial charge in [-0.25, -0.2) is 4.98 Å². The van der Waals surface area contributed by atoms with Crippen molar-refractivity contribution >= 4 is 28.6 Å². The molecule has 0 radical (unpaired) electrons. The van der Waals surface area contributed by atoms with Gasteiger partial charge in [0.2, 0.25) is 5.95 Å². The van der Waals surface area contributed by atoms with Crippen LogP contribution in [0.1, 0.15) is 11.1 Å². The van der Waals surface area contributed by atoms with E-state index in [9.17, 15) is 13.2 Å². The smallest absolute Gasteiger partial charge is 0.352 e. The van der Waals surface area contributed by atoms with E-state index in [1.165, 1.54) is 12.1 Å². The molecule has 0 unspecified atom stereocenters. The van der Waals surface area contributed by atoms with Crippen LogP contribution in [0.3, 0.4) is 0 Å². The first kappa shape index (κ1) is 14.7. The lowest BCUT2D eigenvalue weighted by Gasteiger charge is -2.12. The number of aromatic nitrogens is 2. The summed E-state index contributed by atoms with van der Waals surface area (Å²) >= 11 is 5.88. The minimum atomic E-state index is -4.38. The van der Waals surface area contributed by atoms with Crippen LogP contribution in [0.2, 0.25) is 5.02 Å². The van der Waals surface area contributed by atoms with Crippen molar-refractivity contribution in [2.75, 3.05) is 5.32 Å². The molecule has 3 aromatic rings. The van der Waals surface area contributed by atoms with Gasteiger partial charge in [0.25, 0.3) is 0 Å². The van der Waals surface area contributed by atoms with E-state index in [2.05, 4.69) is 15.3 Å². The van der Waals surface area contributed by atoms with Crippen molar-refractivity contribution < 1.29 is 13.2 Å². The highest BCUT2D eigenvalue weighted by molar-refractivity contribution is 6.31. The van der Waals surface area contributed by atoms with Crippen molar-refractivity contribution in [1.29, 1.82) is 0 Å². The molecule has 7 heteroatoms. The van der Waals surface area contributed by atoms with E-state index in [0.717, 1.165) is 11.6 Å². The predicted molar refractivity (Wildman–Crippen MR) is 79.9 cm³/mol. The summed E-state index contributed by atoms with van der Waals surface area (Å²) in [5.41, 5.74) is 0.922. The predicted octanol–water partition coefficient (Wildman–Crippen LogP) is 4.85. The third kappa shape index (κ3) is 3.01. The van der Waals surface area contributed by atoms with Gasteiger partial charge in [-0.3, -0.25) is 0 Å². The van der Waals surface area contributed by atoms with Crippen LogP contribution in [0.4, 0.5) is 19.1 Å². The Bertz CT molecular complexity index is 811. The molecule has 0 amide bonds. The second kappa shape index (κ2) is 5.53. The Labute approximate surface area is 129 Å². The molecule has 1 heterocycles. The number of rotatable bonds is 3. The van der Waals surface area contributed by atoms with Gasteiger partial charge in [0, 0.05) is 11.6 Å².